The second kappa shape index (κ2) is 11.7. The Hall–Kier alpha value is -2.25. The van der Waals surface area contributed by atoms with Crippen molar-refractivity contribution in [1.82, 2.24) is 10.6 Å². The third-order valence-electron chi connectivity index (χ3n) is 3.80. The number of alkyl carbamates (subject to hydrolysis) is 1. The number of hydrogen-bond acceptors (Lipinski definition) is 6. The Morgan fingerprint density at radius 3 is 2.24 bits per heavy atom. The first-order valence-corrected chi connectivity index (χ1v) is 12.1. The summed E-state index contributed by atoms with van der Waals surface area (Å²) in [5.74, 6) is 1.11. The SMILES string of the molecule is COC(=O)[C@H](CC[Se]C)NC(=O)[C@H](Cc1ccc(O)cc1)NC(=O)OC(C)(C)C. The molecule has 0 saturated carbocycles. The number of hydrogen-bond donors (Lipinski definition) is 3. The number of esters is 1. The van der Waals surface area contributed by atoms with Gasteiger partial charge in [-0.3, -0.25) is 0 Å². The van der Waals surface area contributed by atoms with Gasteiger partial charge in [-0.1, -0.05) is 0 Å². The molecule has 0 aliphatic rings. The van der Waals surface area contributed by atoms with Crippen LogP contribution in [0.1, 0.15) is 32.8 Å². The summed E-state index contributed by atoms with van der Waals surface area (Å²) in [6, 6.07) is 4.57. The van der Waals surface area contributed by atoms with E-state index in [4.69, 9.17) is 9.47 Å². The van der Waals surface area contributed by atoms with Crippen LogP contribution in [0.15, 0.2) is 24.3 Å². The van der Waals surface area contributed by atoms with Gasteiger partial charge in [0.1, 0.15) is 0 Å². The van der Waals surface area contributed by atoms with Crippen LogP contribution in [0.5, 0.6) is 5.75 Å². The van der Waals surface area contributed by atoms with E-state index < -0.39 is 35.7 Å². The summed E-state index contributed by atoms with van der Waals surface area (Å²) in [5.41, 5.74) is 0.00650. The molecule has 0 aliphatic carbocycles. The Labute approximate surface area is 177 Å². The standard InChI is InChI=1S/C20H30N2O6Se/c1-20(2,3)28-19(26)22-16(12-13-6-8-14(23)9-7-13)17(24)21-15(10-11-29-5)18(25)27-4/h6-9,15-16,23H,10-12H2,1-5H3,(H,21,24)(H,22,26)/t15-,16-/m0/s1. The Balaban J connectivity index is 2.96. The number of rotatable bonds is 9. The molecule has 2 amide bonds. The number of carbonyl (C=O) groups is 3. The van der Waals surface area contributed by atoms with Gasteiger partial charge in [-0.25, -0.2) is 0 Å². The predicted octanol–water partition coefficient (Wildman–Crippen LogP) is 2.05. The van der Waals surface area contributed by atoms with Crippen LogP contribution in [-0.2, 0) is 25.5 Å². The first kappa shape index (κ1) is 24.8. The van der Waals surface area contributed by atoms with Gasteiger partial charge in [-0.2, -0.15) is 0 Å². The normalized spacial score (nSPS) is 13.1. The van der Waals surface area contributed by atoms with Gasteiger partial charge in [0.05, 0.1) is 0 Å². The van der Waals surface area contributed by atoms with E-state index in [2.05, 4.69) is 10.6 Å². The molecule has 2 atom stereocenters. The summed E-state index contributed by atoms with van der Waals surface area (Å²) in [6.45, 7) is 5.17. The summed E-state index contributed by atoms with van der Waals surface area (Å²) >= 11 is 0.344. The predicted molar refractivity (Wildman–Crippen MR) is 110 cm³/mol. The number of phenols is 1. The molecule has 0 heterocycles. The zero-order valence-electron chi connectivity index (χ0n) is 17.5. The van der Waals surface area contributed by atoms with Gasteiger partial charge in [-0.05, 0) is 0 Å². The average molecular weight is 473 g/mol. The van der Waals surface area contributed by atoms with Gasteiger partial charge in [-0.15, -0.1) is 0 Å². The fourth-order valence-corrected chi connectivity index (χ4v) is 3.42. The molecule has 9 heteroatoms. The second-order valence-corrected chi connectivity index (χ2v) is 9.50. The number of amides is 2. The molecule has 0 aliphatic heterocycles. The number of carbonyl (C=O) groups excluding carboxylic acids is 3. The first-order chi connectivity index (χ1) is 13.6. The van der Waals surface area contributed by atoms with Gasteiger partial charge >= 0.3 is 178 Å². The quantitative estimate of drug-likeness (QED) is 0.374. The molecule has 3 N–H and O–H groups in total. The van der Waals surface area contributed by atoms with E-state index in [9.17, 15) is 19.5 Å². The van der Waals surface area contributed by atoms with Crippen LogP contribution in [-0.4, -0.2) is 62.8 Å². The molecule has 0 radical (unpaired) electrons. The monoisotopic (exact) mass is 474 g/mol. The minimum absolute atomic E-state index is 0.0991. The molecule has 1 rings (SSSR count). The van der Waals surface area contributed by atoms with Gasteiger partial charge < -0.3 is 0 Å². The van der Waals surface area contributed by atoms with Crippen molar-refractivity contribution in [2.24, 2.45) is 0 Å². The molecular weight excluding hydrogens is 443 g/mol. The fourth-order valence-electron chi connectivity index (χ4n) is 2.43. The molecule has 0 aromatic heterocycles. The van der Waals surface area contributed by atoms with Crippen LogP contribution >= 0.6 is 0 Å². The molecule has 1 aromatic rings. The van der Waals surface area contributed by atoms with Crippen molar-refractivity contribution in [3.05, 3.63) is 29.8 Å². The molecular formula is C20H30N2O6Se. The zero-order chi connectivity index (χ0) is 22.0. The Morgan fingerprint density at radius 2 is 1.72 bits per heavy atom. The maximum absolute atomic E-state index is 12.9. The first-order valence-electron chi connectivity index (χ1n) is 9.20. The molecule has 0 unspecified atom stereocenters. The molecule has 0 saturated heterocycles. The van der Waals surface area contributed by atoms with E-state index >= 15 is 0 Å². The summed E-state index contributed by atoms with van der Waals surface area (Å²) in [5, 5.41) is 15.5. The van der Waals surface area contributed by atoms with E-state index in [0.717, 1.165) is 10.9 Å². The van der Waals surface area contributed by atoms with E-state index in [1.807, 2.05) is 5.82 Å². The fraction of sp³-hybridized carbons (Fsp3) is 0.550. The van der Waals surface area contributed by atoms with Gasteiger partial charge in [0.25, 0.3) is 0 Å². The maximum atomic E-state index is 12.9. The third-order valence-corrected chi connectivity index (χ3v) is 5.15. The third kappa shape index (κ3) is 9.67. The van der Waals surface area contributed by atoms with Crippen molar-refractivity contribution in [2.45, 2.75) is 62.4 Å². The van der Waals surface area contributed by atoms with Gasteiger partial charge in [0.15, 0.2) is 0 Å². The van der Waals surface area contributed by atoms with Crippen LogP contribution in [0.3, 0.4) is 0 Å². The molecule has 0 fully saturated rings. The molecule has 0 spiro atoms. The summed E-state index contributed by atoms with van der Waals surface area (Å²) in [6.07, 6.45) is -0.104. The number of methoxy groups -OCH3 is 1. The number of benzene rings is 1. The van der Waals surface area contributed by atoms with Crippen molar-refractivity contribution in [1.29, 1.82) is 0 Å². The van der Waals surface area contributed by atoms with Crippen molar-refractivity contribution in [2.75, 3.05) is 7.11 Å². The van der Waals surface area contributed by atoms with Gasteiger partial charge in [0, 0.05) is 0 Å². The Morgan fingerprint density at radius 1 is 1.10 bits per heavy atom. The van der Waals surface area contributed by atoms with Crippen molar-refractivity contribution < 1.29 is 29.0 Å². The molecule has 0 bridgehead atoms. The summed E-state index contributed by atoms with van der Waals surface area (Å²) in [4.78, 5) is 37.1. The van der Waals surface area contributed by atoms with E-state index in [0.29, 0.717) is 21.4 Å². The van der Waals surface area contributed by atoms with E-state index in [1.54, 1.807) is 32.9 Å². The van der Waals surface area contributed by atoms with Crippen LogP contribution in [0.25, 0.3) is 0 Å². The zero-order valence-corrected chi connectivity index (χ0v) is 19.2. The van der Waals surface area contributed by atoms with Crippen LogP contribution in [0.4, 0.5) is 4.79 Å². The summed E-state index contributed by atoms with van der Waals surface area (Å²) in [7, 11) is 1.27. The van der Waals surface area contributed by atoms with Crippen molar-refractivity contribution in [3.8, 4) is 5.75 Å². The molecule has 162 valence electrons. The minimum atomic E-state index is -0.964. The number of aromatic hydroxyl groups is 1. The van der Waals surface area contributed by atoms with Crippen molar-refractivity contribution in [3.63, 3.8) is 0 Å². The van der Waals surface area contributed by atoms with E-state index in [-0.39, 0.29) is 12.2 Å². The molecule has 8 nitrogen and oxygen atoms in total. The van der Waals surface area contributed by atoms with Gasteiger partial charge in [0.2, 0.25) is 0 Å². The van der Waals surface area contributed by atoms with Crippen LogP contribution in [0.2, 0.25) is 11.1 Å². The Bertz CT molecular complexity index is 687. The van der Waals surface area contributed by atoms with Crippen LogP contribution in [0, 0.1) is 0 Å². The van der Waals surface area contributed by atoms with E-state index in [1.165, 1.54) is 19.2 Å². The molecule has 1 aromatic carbocycles. The second-order valence-electron chi connectivity index (χ2n) is 7.44. The van der Waals surface area contributed by atoms with Crippen LogP contribution < -0.4 is 10.6 Å². The molecule has 29 heavy (non-hydrogen) atoms. The van der Waals surface area contributed by atoms with Crippen molar-refractivity contribution >= 4 is 32.9 Å². The summed E-state index contributed by atoms with van der Waals surface area (Å²) < 4.78 is 10.0. The average Bonchev–Trinajstić information content (AvgIpc) is 2.63. The number of nitrogens with one attached hydrogen (secondary N) is 2. The number of phenolic OH excluding ortho intramolecular Hbond substituents is 1. The number of ether oxygens (including phenoxy) is 2. The Kier molecular flexibility index (Phi) is 9.98. The topological polar surface area (TPSA) is 114 Å².